The Morgan fingerprint density at radius 2 is 2.19 bits per heavy atom. The Labute approximate surface area is 92.5 Å². The smallest absolute Gasteiger partial charge is 0.373 e. The zero-order valence-corrected chi connectivity index (χ0v) is 8.77. The Morgan fingerprint density at radius 1 is 1.44 bits per heavy atom. The van der Waals surface area contributed by atoms with Crippen LogP contribution in [-0.4, -0.2) is 21.0 Å². The van der Waals surface area contributed by atoms with Gasteiger partial charge in [0.2, 0.25) is 5.82 Å². The molecule has 0 atom stereocenters. The number of ether oxygens (including phenoxy) is 1. The third kappa shape index (κ3) is 1.24. The second kappa shape index (κ2) is 3.25. The van der Waals surface area contributed by atoms with Crippen LogP contribution in [0.2, 0.25) is 0 Å². The number of carbonyl (C=O) groups is 1. The molecule has 0 aromatic carbocycles. The van der Waals surface area contributed by atoms with Crippen molar-refractivity contribution in [3.05, 3.63) is 23.3 Å². The predicted molar refractivity (Wildman–Crippen MR) is 53.9 cm³/mol. The standard InChI is InChI=1S/C11H12N2O3/c14-10(15)9-12-5-7-6-16-11(8(7)13-9)3-1-2-4-11/h5H,1-4,6H2,(H,14,15). The van der Waals surface area contributed by atoms with E-state index in [1.54, 1.807) is 6.20 Å². The summed E-state index contributed by atoms with van der Waals surface area (Å²) in [6, 6.07) is 0. The second-order valence-corrected chi connectivity index (χ2v) is 4.36. The van der Waals surface area contributed by atoms with Crippen LogP contribution in [0.25, 0.3) is 0 Å². The number of rotatable bonds is 1. The van der Waals surface area contributed by atoms with E-state index in [1.807, 2.05) is 0 Å². The van der Waals surface area contributed by atoms with Gasteiger partial charge in [-0.3, -0.25) is 0 Å². The molecule has 5 heteroatoms. The van der Waals surface area contributed by atoms with Gasteiger partial charge in [-0.25, -0.2) is 14.8 Å². The summed E-state index contributed by atoms with van der Waals surface area (Å²) in [6.45, 7) is 0.509. The number of carboxylic acids is 1. The van der Waals surface area contributed by atoms with E-state index in [2.05, 4.69) is 9.97 Å². The minimum Gasteiger partial charge on any atom is -0.475 e. The van der Waals surface area contributed by atoms with Gasteiger partial charge < -0.3 is 9.84 Å². The maximum Gasteiger partial charge on any atom is 0.373 e. The van der Waals surface area contributed by atoms with Crippen LogP contribution >= 0.6 is 0 Å². The first-order valence-electron chi connectivity index (χ1n) is 5.45. The SMILES string of the molecule is O=C(O)c1ncc2c(n1)C1(CCCC1)OC2. The molecule has 0 unspecified atom stereocenters. The Morgan fingerprint density at radius 3 is 2.88 bits per heavy atom. The summed E-state index contributed by atoms with van der Waals surface area (Å²) in [5.41, 5.74) is 1.42. The van der Waals surface area contributed by atoms with Crippen molar-refractivity contribution in [3.63, 3.8) is 0 Å². The average Bonchev–Trinajstić information content (AvgIpc) is 2.88. The van der Waals surface area contributed by atoms with Crippen molar-refractivity contribution >= 4 is 5.97 Å². The maximum atomic E-state index is 10.8. The average molecular weight is 220 g/mol. The van der Waals surface area contributed by atoms with Crippen molar-refractivity contribution in [2.45, 2.75) is 37.9 Å². The van der Waals surface area contributed by atoms with Crippen LogP contribution in [0.4, 0.5) is 0 Å². The second-order valence-electron chi connectivity index (χ2n) is 4.36. The van der Waals surface area contributed by atoms with E-state index in [0.29, 0.717) is 6.61 Å². The largest absolute Gasteiger partial charge is 0.475 e. The molecule has 2 aliphatic rings. The summed E-state index contributed by atoms with van der Waals surface area (Å²) in [7, 11) is 0. The van der Waals surface area contributed by atoms with Crippen LogP contribution in [-0.2, 0) is 16.9 Å². The molecule has 0 amide bonds. The van der Waals surface area contributed by atoms with Crippen LogP contribution in [0, 0.1) is 0 Å². The predicted octanol–water partition coefficient (Wildman–Crippen LogP) is 1.47. The molecule has 16 heavy (non-hydrogen) atoms. The summed E-state index contributed by atoms with van der Waals surface area (Å²) in [5.74, 6) is -1.21. The van der Waals surface area contributed by atoms with E-state index in [9.17, 15) is 4.79 Å². The van der Waals surface area contributed by atoms with Crippen LogP contribution in [0.15, 0.2) is 6.20 Å². The minimum atomic E-state index is -1.08. The topological polar surface area (TPSA) is 72.3 Å². The molecule has 84 valence electrons. The Balaban J connectivity index is 2.09. The fourth-order valence-corrected chi connectivity index (χ4v) is 2.62. The molecular weight excluding hydrogens is 208 g/mol. The zero-order chi connectivity index (χ0) is 11.2. The lowest BCUT2D eigenvalue weighted by Crippen LogP contribution is -2.23. The van der Waals surface area contributed by atoms with Gasteiger partial charge in [-0.2, -0.15) is 0 Å². The molecule has 1 aliphatic carbocycles. The Bertz CT molecular complexity index is 453. The summed E-state index contributed by atoms with van der Waals surface area (Å²) in [6.07, 6.45) is 5.70. The van der Waals surface area contributed by atoms with Gasteiger partial charge in [0.25, 0.3) is 0 Å². The maximum absolute atomic E-state index is 10.8. The van der Waals surface area contributed by atoms with E-state index in [-0.39, 0.29) is 11.4 Å². The van der Waals surface area contributed by atoms with Crippen molar-refractivity contribution < 1.29 is 14.6 Å². The molecule has 0 radical (unpaired) electrons. The molecule has 1 aromatic heterocycles. The highest BCUT2D eigenvalue weighted by Gasteiger charge is 2.44. The van der Waals surface area contributed by atoms with Gasteiger partial charge >= 0.3 is 5.97 Å². The highest BCUT2D eigenvalue weighted by molar-refractivity contribution is 5.83. The third-order valence-electron chi connectivity index (χ3n) is 3.40. The van der Waals surface area contributed by atoms with E-state index in [4.69, 9.17) is 9.84 Å². The van der Waals surface area contributed by atoms with Gasteiger partial charge in [0.1, 0.15) is 5.60 Å². The molecule has 1 saturated carbocycles. The molecule has 3 rings (SSSR count). The van der Waals surface area contributed by atoms with E-state index >= 15 is 0 Å². The van der Waals surface area contributed by atoms with Gasteiger partial charge in [-0.05, 0) is 12.8 Å². The number of hydrogen-bond donors (Lipinski definition) is 1. The first-order chi connectivity index (χ1) is 7.71. The molecule has 0 bridgehead atoms. The number of aromatic nitrogens is 2. The highest BCUT2D eigenvalue weighted by atomic mass is 16.5. The molecule has 0 saturated heterocycles. The first kappa shape index (κ1) is 9.72. The quantitative estimate of drug-likeness (QED) is 0.775. The van der Waals surface area contributed by atoms with Crippen molar-refractivity contribution in [2.24, 2.45) is 0 Å². The van der Waals surface area contributed by atoms with Gasteiger partial charge in [0.05, 0.1) is 12.3 Å². The fraction of sp³-hybridized carbons (Fsp3) is 0.545. The van der Waals surface area contributed by atoms with Crippen molar-refractivity contribution in [2.75, 3.05) is 0 Å². The van der Waals surface area contributed by atoms with Gasteiger partial charge in [-0.15, -0.1) is 0 Å². The van der Waals surface area contributed by atoms with Gasteiger partial charge in [-0.1, -0.05) is 12.8 Å². The monoisotopic (exact) mass is 220 g/mol. The van der Waals surface area contributed by atoms with Gasteiger partial charge in [0.15, 0.2) is 0 Å². The molecule has 1 aromatic rings. The molecule has 2 heterocycles. The van der Waals surface area contributed by atoms with Crippen LogP contribution < -0.4 is 0 Å². The molecule has 1 aliphatic heterocycles. The van der Waals surface area contributed by atoms with Crippen LogP contribution in [0.3, 0.4) is 0 Å². The van der Waals surface area contributed by atoms with Crippen molar-refractivity contribution in [3.8, 4) is 0 Å². The highest BCUT2D eigenvalue weighted by Crippen LogP contribution is 2.46. The van der Waals surface area contributed by atoms with Gasteiger partial charge in [0, 0.05) is 11.8 Å². The first-order valence-corrected chi connectivity index (χ1v) is 5.45. The molecule has 1 fully saturated rings. The number of nitrogens with zero attached hydrogens (tertiary/aromatic N) is 2. The summed E-state index contributed by atoms with van der Waals surface area (Å²) < 4.78 is 5.81. The van der Waals surface area contributed by atoms with Crippen molar-refractivity contribution in [1.82, 2.24) is 9.97 Å². The fourth-order valence-electron chi connectivity index (χ4n) is 2.62. The normalized spacial score (nSPS) is 21.2. The summed E-state index contributed by atoms with van der Waals surface area (Å²) in [4.78, 5) is 18.8. The lowest BCUT2D eigenvalue weighted by molar-refractivity contribution is -0.0348. The Hall–Kier alpha value is -1.49. The van der Waals surface area contributed by atoms with Crippen molar-refractivity contribution in [1.29, 1.82) is 0 Å². The molecule has 1 N–H and O–H groups in total. The number of carboxylic acid groups (broad SMARTS) is 1. The number of fused-ring (bicyclic) bond motifs is 2. The molecular formula is C11H12N2O3. The zero-order valence-electron chi connectivity index (χ0n) is 8.77. The number of hydrogen-bond acceptors (Lipinski definition) is 4. The third-order valence-corrected chi connectivity index (χ3v) is 3.40. The van der Waals surface area contributed by atoms with Crippen LogP contribution in [0.1, 0.15) is 47.6 Å². The van der Waals surface area contributed by atoms with E-state index < -0.39 is 5.97 Å². The van der Waals surface area contributed by atoms with Crippen LogP contribution in [0.5, 0.6) is 0 Å². The summed E-state index contributed by atoms with van der Waals surface area (Å²) in [5, 5.41) is 8.88. The minimum absolute atomic E-state index is 0.129. The lowest BCUT2D eigenvalue weighted by atomic mass is 9.97. The Kier molecular flexibility index (Phi) is 1.97. The lowest BCUT2D eigenvalue weighted by Gasteiger charge is -2.22. The number of aromatic carboxylic acids is 1. The van der Waals surface area contributed by atoms with E-state index in [0.717, 1.165) is 36.9 Å². The molecule has 1 spiro atoms. The summed E-state index contributed by atoms with van der Waals surface area (Å²) >= 11 is 0. The molecule has 5 nitrogen and oxygen atoms in total. The van der Waals surface area contributed by atoms with E-state index in [1.165, 1.54) is 0 Å².